The predicted molar refractivity (Wildman–Crippen MR) is 64.8 cm³/mol. The van der Waals surface area contributed by atoms with E-state index < -0.39 is 0 Å². The van der Waals surface area contributed by atoms with Crippen LogP contribution < -0.4 is 0 Å². The molecule has 17 heavy (non-hydrogen) atoms. The van der Waals surface area contributed by atoms with Crippen molar-refractivity contribution >= 4 is 5.78 Å². The summed E-state index contributed by atoms with van der Waals surface area (Å²) < 4.78 is 1.74. The number of aromatic nitrogens is 3. The maximum Gasteiger partial charge on any atom is 0.166 e. The van der Waals surface area contributed by atoms with Gasteiger partial charge in [0.2, 0.25) is 0 Å². The lowest BCUT2D eigenvalue weighted by Gasteiger charge is -1.99. The van der Waals surface area contributed by atoms with Crippen LogP contribution in [0.5, 0.6) is 0 Å². The first-order valence-electron chi connectivity index (χ1n) is 5.75. The highest BCUT2D eigenvalue weighted by Crippen LogP contribution is 2.05. The van der Waals surface area contributed by atoms with Gasteiger partial charge in [0.15, 0.2) is 5.78 Å². The Balaban J connectivity index is 2.06. The Labute approximate surface area is 100 Å². The quantitative estimate of drug-likeness (QED) is 0.739. The van der Waals surface area contributed by atoms with Crippen LogP contribution in [0.3, 0.4) is 0 Å². The van der Waals surface area contributed by atoms with Gasteiger partial charge in [0.25, 0.3) is 0 Å². The molecule has 0 atom stereocenters. The maximum absolute atomic E-state index is 11.6. The average Bonchev–Trinajstić information content (AvgIpc) is 2.79. The van der Waals surface area contributed by atoms with E-state index in [0.717, 1.165) is 12.1 Å². The minimum Gasteiger partial charge on any atom is -0.294 e. The second kappa shape index (κ2) is 5.39. The third-order valence-electron chi connectivity index (χ3n) is 2.48. The molecule has 4 nitrogen and oxygen atoms in total. The topological polar surface area (TPSA) is 47.8 Å². The van der Waals surface area contributed by atoms with Crippen molar-refractivity contribution in [3.05, 3.63) is 48.0 Å². The molecule has 2 heterocycles. The second-order valence-electron chi connectivity index (χ2n) is 3.92. The van der Waals surface area contributed by atoms with Crippen LogP contribution in [0.1, 0.15) is 35.8 Å². The minimum atomic E-state index is 0.153. The number of ketones is 1. The first kappa shape index (κ1) is 11.5. The lowest BCUT2D eigenvalue weighted by Crippen LogP contribution is -2.02. The Morgan fingerprint density at radius 3 is 3.00 bits per heavy atom. The van der Waals surface area contributed by atoms with Crippen LogP contribution in [-0.2, 0) is 6.54 Å². The van der Waals surface area contributed by atoms with Crippen molar-refractivity contribution in [2.75, 3.05) is 0 Å². The van der Waals surface area contributed by atoms with Gasteiger partial charge in [-0.3, -0.25) is 14.5 Å². The molecule has 0 fully saturated rings. The molecule has 88 valence electrons. The van der Waals surface area contributed by atoms with E-state index in [1.165, 1.54) is 0 Å². The number of nitrogens with zero attached hydrogens (tertiary/aromatic N) is 3. The fraction of sp³-hybridized carbons (Fsp3) is 0.308. The highest BCUT2D eigenvalue weighted by atomic mass is 16.1. The van der Waals surface area contributed by atoms with Gasteiger partial charge in [-0.2, -0.15) is 5.10 Å². The molecule has 0 unspecified atom stereocenters. The summed E-state index contributed by atoms with van der Waals surface area (Å²) in [5.41, 5.74) is 1.62. The average molecular weight is 229 g/mol. The van der Waals surface area contributed by atoms with Crippen LogP contribution >= 0.6 is 0 Å². The zero-order chi connectivity index (χ0) is 12.1. The molecular formula is C13H15N3O. The van der Waals surface area contributed by atoms with Gasteiger partial charge in [0.05, 0.1) is 24.0 Å². The van der Waals surface area contributed by atoms with Crippen LogP contribution in [0.25, 0.3) is 0 Å². The van der Waals surface area contributed by atoms with Gasteiger partial charge in [-0.1, -0.05) is 13.0 Å². The van der Waals surface area contributed by atoms with Crippen molar-refractivity contribution in [3.63, 3.8) is 0 Å². The van der Waals surface area contributed by atoms with Crippen LogP contribution in [0.4, 0.5) is 0 Å². The van der Waals surface area contributed by atoms with Gasteiger partial charge in [-0.05, 0) is 18.6 Å². The Hall–Kier alpha value is -1.97. The minimum absolute atomic E-state index is 0.153. The van der Waals surface area contributed by atoms with E-state index >= 15 is 0 Å². The zero-order valence-corrected chi connectivity index (χ0v) is 9.84. The summed E-state index contributed by atoms with van der Waals surface area (Å²) in [6.07, 6.45) is 6.61. The molecule has 0 aliphatic rings. The third kappa shape index (κ3) is 3.00. The SMILES string of the molecule is CCCC(=O)c1cnn(Cc2ccccn2)c1. The van der Waals surface area contributed by atoms with Gasteiger partial charge in [-0.15, -0.1) is 0 Å². The summed E-state index contributed by atoms with van der Waals surface area (Å²) in [6.45, 7) is 2.59. The second-order valence-corrected chi connectivity index (χ2v) is 3.92. The molecule has 0 aromatic carbocycles. The number of carbonyl (C=O) groups excluding carboxylic acids is 1. The summed E-state index contributed by atoms with van der Waals surface area (Å²) >= 11 is 0. The van der Waals surface area contributed by atoms with Crippen LogP contribution in [-0.4, -0.2) is 20.5 Å². The van der Waals surface area contributed by atoms with E-state index in [1.807, 2.05) is 25.1 Å². The fourth-order valence-corrected chi connectivity index (χ4v) is 1.62. The summed E-state index contributed by atoms with van der Waals surface area (Å²) in [7, 11) is 0. The van der Waals surface area contributed by atoms with Gasteiger partial charge in [0, 0.05) is 18.8 Å². The zero-order valence-electron chi connectivity index (χ0n) is 9.84. The molecule has 0 spiro atoms. The molecule has 4 heteroatoms. The fourth-order valence-electron chi connectivity index (χ4n) is 1.62. The Bertz CT molecular complexity index is 490. The van der Waals surface area contributed by atoms with E-state index in [9.17, 15) is 4.79 Å². The summed E-state index contributed by atoms with van der Waals surface area (Å²) in [5.74, 6) is 0.153. The summed E-state index contributed by atoms with van der Waals surface area (Å²) in [4.78, 5) is 15.9. The number of pyridine rings is 1. The number of hydrogen-bond donors (Lipinski definition) is 0. The molecule has 2 aromatic heterocycles. The lowest BCUT2D eigenvalue weighted by atomic mass is 10.1. The van der Waals surface area contributed by atoms with Crippen molar-refractivity contribution in [1.29, 1.82) is 0 Å². The van der Waals surface area contributed by atoms with Gasteiger partial charge in [-0.25, -0.2) is 0 Å². The van der Waals surface area contributed by atoms with Crippen LogP contribution in [0.2, 0.25) is 0 Å². The van der Waals surface area contributed by atoms with Crippen LogP contribution in [0.15, 0.2) is 36.8 Å². The van der Waals surface area contributed by atoms with Crippen LogP contribution in [0, 0.1) is 0 Å². The molecular weight excluding hydrogens is 214 g/mol. The van der Waals surface area contributed by atoms with Crippen molar-refractivity contribution in [1.82, 2.24) is 14.8 Å². The molecule has 0 saturated heterocycles. The molecule has 0 saturated carbocycles. The van der Waals surface area contributed by atoms with Gasteiger partial charge >= 0.3 is 0 Å². The molecule has 0 radical (unpaired) electrons. The van der Waals surface area contributed by atoms with E-state index in [-0.39, 0.29) is 5.78 Å². The van der Waals surface area contributed by atoms with Crippen molar-refractivity contribution < 1.29 is 4.79 Å². The summed E-state index contributed by atoms with van der Waals surface area (Å²) in [5, 5.41) is 4.17. The molecule has 2 aromatic rings. The smallest absolute Gasteiger partial charge is 0.166 e. The summed E-state index contributed by atoms with van der Waals surface area (Å²) in [6, 6.07) is 5.76. The van der Waals surface area contributed by atoms with Crippen molar-refractivity contribution in [2.24, 2.45) is 0 Å². The first-order chi connectivity index (χ1) is 8.29. The van der Waals surface area contributed by atoms with E-state index in [4.69, 9.17) is 0 Å². The molecule has 0 amide bonds. The third-order valence-corrected chi connectivity index (χ3v) is 2.48. The molecule has 0 N–H and O–H groups in total. The van der Waals surface area contributed by atoms with E-state index in [0.29, 0.717) is 18.5 Å². The Morgan fingerprint density at radius 2 is 2.29 bits per heavy atom. The maximum atomic E-state index is 11.6. The molecule has 0 aliphatic carbocycles. The van der Waals surface area contributed by atoms with Crippen molar-refractivity contribution in [2.45, 2.75) is 26.3 Å². The van der Waals surface area contributed by atoms with Gasteiger partial charge in [0.1, 0.15) is 0 Å². The van der Waals surface area contributed by atoms with Crippen molar-refractivity contribution in [3.8, 4) is 0 Å². The van der Waals surface area contributed by atoms with Gasteiger partial charge < -0.3 is 0 Å². The largest absolute Gasteiger partial charge is 0.294 e. The number of carbonyl (C=O) groups is 1. The standard InChI is InChI=1S/C13H15N3O/c1-2-5-13(17)11-8-15-16(9-11)10-12-6-3-4-7-14-12/h3-4,6-9H,2,5,10H2,1H3. The first-order valence-corrected chi connectivity index (χ1v) is 5.75. The normalized spacial score (nSPS) is 10.4. The highest BCUT2D eigenvalue weighted by Gasteiger charge is 2.07. The number of Topliss-reactive ketones (excluding diaryl/α,β-unsaturated/α-hetero) is 1. The van der Waals surface area contributed by atoms with E-state index in [1.54, 1.807) is 23.3 Å². The Kier molecular flexibility index (Phi) is 3.65. The lowest BCUT2D eigenvalue weighted by molar-refractivity contribution is 0.0981. The number of hydrogen-bond acceptors (Lipinski definition) is 3. The monoisotopic (exact) mass is 229 g/mol. The molecule has 2 rings (SSSR count). The Morgan fingerprint density at radius 1 is 1.41 bits per heavy atom. The predicted octanol–water partition coefficient (Wildman–Crippen LogP) is 2.31. The number of rotatable bonds is 5. The molecule has 0 bridgehead atoms. The van der Waals surface area contributed by atoms with E-state index in [2.05, 4.69) is 10.1 Å². The molecule has 0 aliphatic heterocycles. The highest BCUT2D eigenvalue weighted by molar-refractivity contribution is 5.95.